The zero-order valence-electron chi connectivity index (χ0n) is 15.4. The maximum Gasteiger partial charge on any atom is 0.432 e. The highest BCUT2D eigenvalue weighted by atomic mass is 19.4. The molecular weight excluding hydrogens is 395 g/mol. The lowest BCUT2D eigenvalue weighted by Gasteiger charge is -2.39. The second-order valence-electron chi connectivity index (χ2n) is 7.20. The van der Waals surface area contributed by atoms with Gasteiger partial charge in [0.05, 0.1) is 32.5 Å². The lowest BCUT2D eigenvalue weighted by atomic mass is 9.97. The predicted octanol–water partition coefficient (Wildman–Crippen LogP) is 1.09. The molecule has 2 aliphatic rings. The summed E-state index contributed by atoms with van der Waals surface area (Å²) in [7, 11) is 0. The molecule has 2 fully saturated rings. The summed E-state index contributed by atoms with van der Waals surface area (Å²) < 4.78 is 54.4. The highest BCUT2D eigenvalue weighted by Crippen LogP contribution is 2.32. The molecule has 2 aromatic heterocycles. The molecule has 0 aliphatic carbocycles. The van der Waals surface area contributed by atoms with Gasteiger partial charge in [0.15, 0.2) is 0 Å². The summed E-state index contributed by atoms with van der Waals surface area (Å²) >= 11 is 0. The largest absolute Gasteiger partial charge is 0.432 e. The smallest absolute Gasteiger partial charge is 0.370 e. The average molecular weight is 415 g/mol. The van der Waals surface area contributed by atoms with Crippen LogP contribution in [0, 0.1) is 0 Å². The first kappa shape index (κ1) is 19.9. The van der Waals surface area contributed by atoms with Crippen LogP contribution in [-0.2, 0) is 33.5 Å². The van der Waals surface area contributed by atoms with Crippen molar-refractivity contribution in [2.45, 2.75) is 37.4 Å². The van der Waals surface area contributed by atoms with E-state index in [9.17, 15) is 18.0 Å². The Morgan fingerprint density at radius 3 is 3.03 bits per heavy atom. The Kier molecular flexibility index (Phi) is 5.32. The molecule has 2 unspecified atom stereocenters. The number of imidazole rings is 1. The number of ether oxygens (including phenoxy) is 2. The minimum absolute atomic E-state index is 0.226. The fraction of sp³-hybridized carbons (Fsp3) is 0.588. The second kappa shape index (κ2) is 7.76. The molecule has 4 rings (SSSR count). The van der Waals surface area contributed by atoms with Gasteiger partial charge in [0, 0.05) is 25.6 Å². The number of carbonyl (C=O) groups excluding carboxylic acids is 1. The van der Waals surface area contributed by atoms with Gasteiger partial charge in [-0.05, 0) is 0 Å². The first-order chi connectivity index (χ1) is 13.8. The number of amides is 1. The van der Waals surface area contributed by atoms with Crippen molar-refractivity contribution in [3.05, 3.63) is 35.7 Å². The number of H-pyrrole nitrogens is 1. The van der Waals surface area contributed by atoms with E-state index >= 15 is 0 Å². The number of rotatable bonds is 5. The second-order valence-corrected chi connectivity index (χ2v) is 7.20. The number of aromatic nitrogens is 3. The van der Waals surface area contributed by atoms with E-state index in [2.05, 4.69) is 20.4 Å². The van der Waals surface area contributed by atoms with Crippen LogP contribution < -0.4 is 5.32 Å². The molecule has 2 aromatic rings. The van der Waals surface area contributed by atoms with Crippen molar-refractivity contribution in [2.75, 3.05) is 26.3 Å². The van der Waals surface area contributed by atoms with Gasteiger partial charge < -0.3 is 24.3 Å². The van der Waals surface area contributed by atoms with Crippen LogP contribution in [0.3, 0.4) is 0 Å². The number of hydrogen-bond donors (Lipinski definition) is 2. The lowest BCUT2D eigenvalue weighted by Crippen LogP contribution is -2.52. The van der Waals surface area contributed by atoms with E-state index in [1.807, 2.05) is 4.90 Å². The Hall–Kier alpha value is -2.44. The number of nitrogens with one attached hydrogen (secondary N) is 2. The molecule has 2 atom stereocenters. The molecule has 9 nitrogen and oxygen atoms in total. The first-order valence-corrected chi connectivity index (χ1v) is 9.09. The van der Waals surface area contributed by atoms with Gasteiger partial charge in [0.25, 0.3) is 0 Å². The summed E-state index contributed by atoms with van der Waals surface area (Å²) in [6.45, 7) is 2.06. The molecule has 29 heavy (non-hydrogen) atoms. The van der Waals surface area contributed by atoms with E-state index in [1.165, 1.54) is 6.26 Å². The summed E-state index contributed by atoms with van der Waals surface area (Å²) in [5, 5.41) is 6.46. The summed E-state index contributed by atoms with van der Waals surface area (Å²) in [4.78, 5) is 20.4. The highest BCUT2D eigenvalue weighted by molar-refractivity contribution is 5.81. The number of alkyl halides is 3. The maximum atomic E-state index is 12.7. The lowest BCUT2D eigenvalue weighted by molar-refractivity contribution is -0.141. The van der Waals surface area contributed by atoms with Gasteiger partial charge in [-0.15, -0.1) is 0 Å². The Morgan fingerprint density at radius 2 is 2.31 bits per heavy atom. The highest BCUT2D eigenvalue weighted by Gasteiger charge is 2.47. The van der Waals surface area contributed by atoms with E-state index in [0.717, 1.165) is 6.20 Å². The van der Waals surface area contributed by atoms with E-state index in [-0.39, 0.29) is 31.4 Å². The fourth-order valence-electron chi connectivity index (χ4n) is 3.56. The van der Waals surface area contributed by atoms with Crippen LogP contribution in [0.4, 0.5) is 13.2 Å². The molecule has 2 aliphatic heterocycles. The molecule has 158 valence electrons. The number of nitrogens with zero attached hydrogens (tertiary/aromatic N) is 3. The van der Waals surface area contributed by atoms with Crippen molar-refractivity contribution in [1.29, 1.82) is 0 Å². The van der Waals surface area contributed by atoms with Crippen LogP contribution in [0.2, 0.25) is 0 Å². The van der Waals surface area contributed by atoms with Crippen molar-refractivity contribution >= 4 is 5.91 Å². The molecule has 0 bridgehead atoms. The maximum absolute atomic E-state index is 12.7. The van der Waals surface area contributed by atoms with Crippen LogP contribution in [-0.4, -0.2) is 63.9 Å². The number of halogens is 3. The minimum Gasteiger partial charge on any atom is -0.370 e. The van der Waals surface area contributed by atoms with Crippen LogP contribution in [0.25, 0.3) is 0 Å². The molecule has 2 saturated heterocycles. The molecule has 4 heterocycles. The Bertz CT molecular complexity index is 840. The van der Waals surface area contributed by atoms with Gasteiger partial charge in [-0.25, -0.2) is 4.98 Å². The van der Waals surface area contributed by atoms with E-state index in [4.69, 9.17) is 14.0 Å². The number of morpholine rings is 1. The summed E-state index contributed by atoms with van der Waals surface area (Å²) in [5.41, 5.74) is -0.945. The minimum atomic E-state index is -4.46. The summed E-state index contributed by atoms with van der Waals surface area (Å²) in [5.74, 6) is -0.0401. The van der Waals surface area contributed by atoms with Gasteiger partial charge in [-0.1, -0.05) is 5.16 Å². The first-order valence-electron chi connectivity index (χ1n) is 9.09. The third-order valence-corrected chi connectivity index (χ3v) is 4.97. The van der Waals surface area contributed by atoms with Crippen molar-refractivity contribution in [3.8, 4) is 0 Å². The van der Waals surface area contributed by atoms with Gasteiger partial charge in [-0.2, -0.15) is 13.2 Å². The van der Waals surface area contributed by atoms with Crippen molar-refractivity contribution < 1.29 is 32.0 Å². The quantitative estimate of drug-likeness (QED) is 0.753. The number of aromatic amines is 1. The topological polar surface area (TPSA) is 106 Å². The van der Waals surface area contributed by atoms with Crippen LogP contribution in [0.15, 0.2) is 23.0 Å². The third-order valence-electron chi connectivity index (χ3n) is 4.97. The van der Waals surface area contributed by atoms with Gasteiger partial charge in [0.2, 0.25) is 5.91 Å². The summed E-state index contributed by atoms with van der Waals surface area (Å²) in [6, 6.07) is 1.65. The monoisotopic (exact) mass is 415 g/mol. The zero-order chi connectivity index (χ0) is 20.5. The Labute approximate surface area is 163 Å². The standard InChI is InChI=1S/C17H20F3N5O4/c18-17(19,20)13-7-21-14(23-13)8-25-2-4-28-16(9-25)5-12(27-10-16)15(26)22-6-11-1-3-29-24-11/h1,3,7,12H,2,4-6,8-10H2,(H,21,23)(H,22,26). The average Bonchev–Trinajstić information content (AvgIpc) is 3.41. The molecule has 12 heteroatoms. The van der Waals surface area contributed by atoms with Crippen LogP contribution >= 0.6 is 0 Å². The van der Waals surface area contributed by atoms with Crippen LogP contribution in [0.5, 0.6) is 0 Å². The third kappa shape index (κ3) is 4.60. The summed E-state index contributed by atoms with van der Waals surface area (Å²) in [6.07, 6.45) is -2.55. The van der Waals surface area contributed by atoms with Crippen molar-refractivity contribution in [1.82, 2.24) is 25.3 Å². The molecule has 1 amide bonds. The predicted molar refractivity (Wildman–Crippen MR) is 90.3 cm³/mol. The molecule has 2 N–H and O–H groups in total. The van der Waals surface area contributed by atoms with E-state index in [1.54, 1.807) is 6.07 Å². The van der Waals surface area contributed by atoms with E-state index in [0.29, 0.717) is 31.8 Å². The zero-order valence-corrected chi connectivity index (χ0v) is 15.4. The van der Waals surface area contributed by atoms with Crippen LogP contribution in [0.1, 0.15) is 23.6 Å². The number of carbonyl (C=O) groups is 1. The van der Waals surface area contributed by atoms with Gasteiger partial charge in [0.1, 0.15) is 35.2 Å². The Morgan fingerprint density at radius 1 is 1.45 bits per heavy atom. The fourth-order valence-corrected chi connectivity index (χ4v) is 3.56. The number of hydrogen-bond acceptors (Lipinski definition) is 7. The molecule has 0 aromatic carbocycles. The molecular formula is C17H20F3N5O4. The van der Waals surface area contributed by atoms with E-state index < -0.39 is 23.6 Å². The van der Waals surface area contributed by atoms with Gasteiger partial charge >= 0.3 is 6.18 Å². The Balaban J connectivity index is 1.32. The van der Waals surface area contributed by atoms with Crippen molar-refractivity contribution in [2.24, 2.45) is 0 Å². The van der Waals surface area contributed by atoms with Crippen molar-refractivity contribution in [3.63, 3.8) is 0 Å². The molecule has 0 saturated carbocycles. The normalized spacial score (nSPS) is 25.6. The van der Waals surface area contributed by atoms with Gasteiger partial charge in [-0.3, -0.25) is 9.69 Å². The molecule has 0 radical (unpaired) electrons. The SMILES string of the molecule is O=C(NCc1ccon1)C1CC2(CO1)CN(Cc1ncc(C(F)(F)F)[nH]1)CCO2. The molecule has 1 spiro atoms.